The summed E-state index contributed by atoms with van der Waals surface area (Å²) in [5, 5.41) is 14.1. The standard InChI is InChI=1S/C8H7IN4O3/c9-7-5(4-11-12-8(10)14)2-1-3-6(7)13(15)16/h1-4H,(H3,10,12,14). The number of benzene rings is 1. The Kier molecular flexibility index (Phi) is 4.17. The maximum Gasteiger partial charge on any atom is 0.332 e. The van der Waals surface area contributed by atoms with Crippen LogP contribution in [0.3, 0.4) is 0 Å². The number of nitrogens with zero attached hydrogens (tertiary/aromatic N) is 2. The largest absolute Gasteiger partial charge is 0.350 e. The van der Waals surface area contributed by atoms with E-state index >= 15 is 0 Å². The first-order chi connectivity index (χ1) is 7.52. The molecule has 2 amide bonds. The van der Waals surface area contributed by atoms with E-state index in [9.17, 15) is 14.9 Å². The Bertz CT molecular complexity index is 461. The van der Waals surface area contributed by atoms with Crippen molar-refractivity contribution in [3.63, 3.8) is 0 Å². The average molecular weight is 334 g/mol. The zero-order valence-corrected chi connectivity index (χ0v) is 10.0. The van der Waals surface area contributed by atoms with Crippen LogP contribution in [0.25, 0.3) is 0 Å². The van der Waals surface area contributed by atoms with E-state index in [1.165, 1.54) is 18.3 Å². The van der Waals surface area contributed by atoms with Crippen molar-refractivity contribution in [2.45, 2.75) is 0 Å². The fourth-order valence-electron chi connectivity index (χ4n) is 0.943. The van der Waals surface area contributed by atoms with Crippen molar-refractivity contribution >= 4 is 40.5 Å². The lowest BCUT2D eigenvalue weighted by Gasteiger charge is -1.99. The molecule has 0 aliphatic heterocycles. The van der Waals surface area contributed by atoms with Crippen molar-refractivity contribution < 1.29 is 9.72 Å². The lowest BCUT2D eigenvalue weighted by atomic mass is 10.2. The normalized spacial score (nSPS) is 10.3. The number of rotatable bonds is 3. The zero-order valence-electron chi connectivity index (χ0n) is 7.88. The first-order valence-electron chi connectivity index (χ1n) is 4.04. The number of nitro groups is 1. The molecular weight excluding hydrogens is 327 g/mol. The zero-order chi connectivity index (χ0) is 12.1. The van der Waals surface area contributed by atoms with Crippen LogP contribution in [-0.4, -0.2) is 17.2 Å². The van der Waals surface area contributed by atoms with E-state index in [0.29, 0.717) is 9.13 Å². The molecule has 0 unspecified atom stereocenters. The fourth-order valence-corrected chi connectivity index (χ4v) is 1.64. The number of nitro benzene ring substituents is 1. The molecule has 1 aromatic carbocycles. The molecule has 0 aliphatic rings. The summed E-state index contributed by atoms with van der Waals surface area (Å²) in [6.07, 6.45) is 1.29. The molecule has 0 heterocycles. The molecule has 84 valence electrons. The van der Waals surface area contributed by atoms with Crippen LogP contribution in [0.1, 0.15) is 5.56 Å². The summed E-state index contributed by atoms with van der Waals surface area (Å²) in [4.78, 5) is 20.5. The number of carbonyl (C=O) groups is 1. The summed E-state index contributed by atoms with van der Waals surface area (Å²) < 4.78 is 0.445. The summed E-state index contributed by atoms with van der Waals surface area (Å²) in [5.74, 6) is 0. The molecule has 3 N–H and O–H groups in total. The average Bonchev–Trinajstić information content (AvgIpc) is 2.19. The number of carbonyl (C=O) groups excluding carboxylic acids is 1. The highest BCUT2D eigenvalue weighted by Gasteiger charge is 2.13. The Labute approximate surface area is 104 Å². The van der Waals surface area contributed by atoms with Crippen molar-refractivity contribution in [1.82, 2.24) is 5.43 Å². The lowest BCUT2D eigenvalue weighted by molar-refractivity contribution is -0.385. The molecule has 8 heteroatoms. The van der Waals surface area contributed by atoms with Gasteiger partial charge in [-0.25, -0.2) is 10.2 Å². The van der Waals surface area contributed by atoms with Gasteiger partial charge in [0.1, 0.15) is 0 Å². The second-order valence-electron chi connectivity index (χ2n) is 2.67. The molecule has 7 nitrogen and oxygen atoms in total. The third-order valence-electron chi connectivity index (χ3n) is 1.58. The van der Waals surface area contributed by atoms with Crippen molar-refractivity contribution in [1.29, 1.82) is 0 Å². The first kappa shape index (κ1) is 12.4. The Hall–Kier alpha value is -1.71. The van der Waals surface area contributed by atoms with Gasteiger partial charge in [-0.15, -0.1) is 0 Å². The highest BCUT2D eigenvalue weighted by Crippen LogP contribution is 2.22. The third kappa shape index (κ3) is 3.15. The SMILES string of the molecule is NC(=O)NN=Cc1cccc([N+](=O)[O-])c1I. The van der Waals surface area contributed by atoms with Gasteiger partial charge >= 0.3 is 6.03 Å². The van der Waals surface area contributed by atoms with Crippen LogP contribution in [0.2, 0.25) is 0 Å². The number of urea groups is 1. The lowest BCUT2D eigenvalue weighted by Crippen LogP contribution is -2.24. The number of hydrogen-bond donors (Lipinski definition) is 2. The minimum absolute atomic E-state index is 0.0105. The van der Waals surface area contributed by atoms with Gasteiger partial charge in [0.05, 0.1) is 14.7 Å². The number of halogens is 1. The summed E-state index contributed by atoms with van der Waals surface area (Å²) in [6, 6.07) is 3.77. The van der Waals surface area contributed by atoms with Gasteiger partial charge in [-0.05, 0) is 22.6 Å². The number of nitrogens with one attached hydrogen (secondary N) is 1. The molecule has 0 saturated heterocycles. The van der Waals surface area contributed by atoms with Gasteiger partial charge in [-0.2, -0.15) is 5.10 Å². The van der Waals surface area contributed by atoms with Crippen molar-refractivity contribution in [2.24, 2.45) is 10.8 Å². The Morgan fingerprint density at radius 3 is 2.88 bits per heavy atom. The topological polar surface area (TPSA) is 111 Å². The number of amides is 2. The van der Waals surface area contributed by atoms with Crippen LogP contribution in [0.4, 0.5) is 10.5 Å². The summed E-state index contributed by atoms with van der Waals surface area (Å²) >= 11 is 1.84. The quantitative estimate of drug-likeness (QED) is 0.375. The van der Waals surface area contributed by atoms with Crippen LogP contribution < -0.4 is 11.2 Å². The molecule has 0 bridgehead atoms. The third-order valence-corrected chi connectivity index (χ3v) is 2.76. The summed E-state index contributed by atoms with van der Waals surface area (Å²) in [7, 11) is 0. The molecule has 0 fully saturated rings. The molecule has 1 rings (SSSR count). The minimum atomic E-state index is -0.795. The first-order valence-corrected chi connectivity index (χ1v) is 5.11. The van der Waals surface area contributed by atoms with Crippen LogP contribution in [-0.2, 0) is 0 Å². The Morgan fingerprint density at radius 1 is 1.62 bits per heavy atom. The Morgan fingerprint density at radius 2 is 2.31 bits per heavy atom. The number of hydrogen-bond acceptors (Lipinski definition) is 4. The van der Waals surface area contributed by atoms with Crippen LogP contribution >= 0.6 is 22.6 Å². The maximum atomic E-state index is 10.6. The van der Waals surface area contributed by atoms with Crippen LogP contribution in [0, 0.1) is 13.7 Å². The van der Waals surface area contributed by atoms with Crippen molar-refractivity contribution in [3.8, 4) is 0 Å². The predicted molar refractivity (Wildman–Crippen MR) is 66.1 cm³/mol. The smallest absolute Gasteiger partial charge is 0.332 e. The van der Waals surface area contributed by atoms with E-state index in [2.05, 4.69) is 5.10 Å². The van der Waals surface area contributed by atoms with E-state index in [-0.39, 0.29) is 5.69 Å². The Balaban J connectivity index is 2.97. The summed E-state index contributed by atoms with van der Waals surface area (Å²) in [6.45, 7) is 0. The number of hydrazone groups is 1. The van der Waals surface area contributed by atoms with E-state index in [1.54, 1.807) is 6.07 Å². The molecule has 0 saturated carbocycles. The molecule has 1 aromatic rings. The second-order valence-corrected chi connectivity index (χ2v) is 3.75. The second kappa shape index (κ2) is 5.39. The van der Waals surface area contributed by atoms with Gasteiger partial charge in [0.2, 0.25) is 0 Å². The van der Waals surface area contributed by atoms with Gasteiger partial charge in [-0.3, -0.25) is 10.1 Å². The number of primary amides is 1. The van der Waals surface area contributed by atoms with Crippen molar-refractivity contribution in [2.75, 3.05) is 0 Å². The van der Waals surface area contributed by atoms with Crippen molar-refractivity contribution in [3.05, 3.63) is 37.4 Å². The van der Waals surface area contributed by atoms with E-state index < -0.39 is 11.0 Å². The van der Waals surface area contributed by atoms with Crippen LogP contribution in [0.15, 0.2) is 23.3 Å². The van der Waals surface area contributed by atoms with Gasteiger partial charge in [-0.1, -0.05) is 12.1 Å². The van der Waals surface area contributed by atoms with Gasteiger partial charge in [0.25, 0.3) is 5.69 Å². The molecule has 0 spiro atoms. The minimum Gasteiger partial charge on any atom is -0.350 e. The van der Waals surface area contributed by atoms with Gasteiger partial charge in [0.15, 0.2) is 0 Å². The highest BCUT2D eigenvalue weighted by atomic mass is 127. The number of nitrogens with two attached hydrogens (primary N) is 1. The van der Waals surface area contributed by atoms with E-state index in [0.717, 1.165) is 0 Å². The van der Waals surface area contributed by atoms with E-state index in [4.69, 9.17) is 5.73 Å². The van der Waals surface area contributed by atoms with Gasteiger partial charge < -0.3 is 5.73 Å². The highest BCUT2D eigenvalue weighted by molar-refractivity contribution is 14.1. The van der Waals surface area contributed by atoms with Crippen LogP contribution in [0.5, 0.6) is 0 Å². The molecular formula is C8H7IN4O3. The molecule has 0 aromatic heterocycles. The molecule has 0 atom stereocenters. The summed E-state index contributed by atoms with van der Waals surface area (Å²) in [5.41, 5.74) is 7.32. The molecule has 0 radical (unpaired) electrons. The fraction of sp³-hybridized carbons (Fsp3) is 0. The monoisotopic (exact) mass is 334 g/mol. The molecule has 0 aliphatic carbocycles. The maximum absolute atomic E-state index is 10.6. The van der Waals surface area contributed by atoms with E-state index in [1.807, 2.05) is 28.0 Å². The molecule has 16 heavy (non-hydrogen) atoms. The predicted octanol–water partition coefficient (Wildman–Crippen LogP) is 1.20. The van der Waals surface area contributed by atoms with Gasteiger partial charge in [0, 0.05) is 11.6 Å².